The summed E-state index contributed by atoms with van der Waals surface area (Å²) in [4.78, 5) is 19.5. The SMILES string of the molecule is CCCCN1CCn2c(nc3cc(NC(=O)COc4ccccc4)ccc32)C1. The number of rotatable bonds is 7. The van der Waals surface area contributed by atoms with Gasteiger partial charge in [-0.15, -0.1) is 0 Å². The first-order valence-corrected chi connectivity index (χ1v) is 9.92. The van der Waals surface area contributed by atoms with Gasteiger partial charge in [0.15, 0.2) is 6.61 Å². The van der Waals surface area contributed by atoms with E-state index in [0.29, 0.717) is 5.75 Å². The topological polar surface area (TPSA) is 59.4 Å². The molecule has 0 saturated heterocycles. The molecule has 1 amide bonds. The van der Waals surface area contributed by atoms with Gasteiger partial charge in [0.2, 0.25) is 0 Å². The van der Waals surface area contributed by atoms with Crippen molar-refractivity contribution in [3.05, 3.63) is 54.4 Å². The number of imidazole rings is 1. The van der Waals surface area contributed by atoms with Crippen LogP contribution in [-0.4, -0.2) is 40.1 Å². The quantitative estimate of drug-likeness (QED) is 0.681. The van der Waals surface area contributed by atoms with Crippen LogP contribution in [0.3, 0.4) is 0 Å². The van der Waals surface area contributed by atoms with E-state index in [4.69, 9.17) is 9.72 Å². The van der Waals surface area contributed by atoms with E-state index < -0.39 is 0 Å². The number of hydrogen-bond acceptors (Lipinski definition) is 4. The number of nitrogens with one attached hydrogen (secondary N) is 1. The zero-order chi connectivity index (χ0) is 19.3. The van der Waals surface area contributed by atoms with Crippen molar-refractivity contribution in [2.45, 2.75) is 32.9 Å². The van der Waals surface area contributed by atoms with Crippen LogP contribution in [0.1, 0.15) is 25.6 Å². The van der Waals surface area contributed by atoms with Crippen molar-refractivity contribution in [1.29, 1.82) is 0 Å². The molecular weight excluding hydrogens is 352 g/mol. The third-order valence-electron chi connectivity index (χ3n) is 5.06. The Bertz CT molecular complexity index is 952. The fourth-order valence-electron chi connectivity index (χ4n) is 3.58. The average Bonchev–Trinajstić information content (AvgIpc) is 3.08. The number of unbranched alkanes of at least 4 members (excludes halogenated alkanes) is 1. The highest BCUT2D eigenvalue weighted by molar-refractivity contribution is 5.94. The minimum atomic E-state index is -0.182. The first kappa shape index (κ1) is 18.5. The molecule has 0 aliphatic carbocycles. The zero-order valence-electron chi connectivity index (χ0n) is 16.2. The third kappa shape index (κ3) is 4.17. The van der Waals surface area contributed by atoms with E-state index in [0.717, 1.165) is 48.7 Å². The normalized spacial score (nSPS) is 14.0. The van der Waals surface area contributed by atoms with Crippen molar-refractivity contribution < 1.29 is 9.53 Å². The lowest BCUT2D eigenvalue weighted by molar-refractivity contribution is -0.118. The summed E-state index contributed by atoms with van der Waals surface area (Å²) in [7, 11) is 0. The second-order valence-corrected chi connectivity index (χ2v) is 7.16. The van der Waals surface area contributed by atoms with Crippen LogP contribution in [-0.2, 0) is 17.9 Å². The average molecular weight is 378 g/mol. The second-order valence-electron chi connectivity index (χ2n) is 7.16. The number of nitrogens with zero attached hydrogens (tertiary/aromatic N) is 3. The number of amides is 1. The molecule has 2 heterocycles. The van der Waals surface area contributed by atoms with Crippen LogP contribution >= 0.6 is 0 Å². The number of aromatic nitrogens is 2. The zero-order valence-corrected chi connectivity index (χ0v) is 16.2. The molecule has 6 heteroatoms. The van der Waals surface area contributed by atoms with Gasteiger partial charge in [-0.25, -0.2) is 4.98 Å². The van der Waals surface area contributed by atoms with Crippen LogP contribution in [0.4, 0.5) is 5.69 Å². The van der Waals surface area contributed by atoms with E-state index in [9.17, 15) is 4.79 Å². The maximum Gasteiger partial charge on any atom is 0.262 e. The number of carbonyl (C=O) groups excluding carboxylic acids is 1. The number of benzene rings is 2. The number of hydrogen-bond donors (Lipinski definition) is 1. The van der Waals surface area contributed by atoms with Crippen LogP contribution in [0.15, 0.2) is 48.5 Å². The van der Waals surface area contributed by atoms with Crippen LogP contribution in [0.5, 0.6) is 5.75 Å². The van der Waals surface area contributed by atoms with Crippen LogP contribution in [0.2, 0.25) is 0 Å². The van der Waals surface area contributed by atoms with Gasteiger partial charge in [0.1, 0.15) is 11.6 Å². The van der Waals surface area contributed by atoms with Crippen LogP contribution in [0, 0.1) is 0 Å². The number of fused-ring (bicyclic) bond motifs is 3. The minimum absolute atomic E-state index is 0.0197. The van der Waals surface area contributed by atoms with Gasteiger partial charge in [0.25, 0.3) is 5.91 Å². The summed E-state index contributed by atoms with van der Waals surface area (Å²) in [5.74, 6) is 1.61. The smallest absolute Gasteiger partial charge is 0.262 e. The lowest BCUT2D eigenvalue weighted by atomic mass is 10.2. The van der Waals surface area contributed by atoms with E-state index in [1.165, 1.54) is 12.8 Å². The molecule has 146 valence electrons. The Kier molecular flexibility index (Phi) is 5.58. The molecule has 6 nitrogen and oxygen atoms in total. The Morgan fingerprint density at radius 1 is 1.18 bits per heavy atom. The molecule has 2 aromatic carbocycles. The van der Waals surface area contributed by atoms with E-state index in [1.807, 2.05) is 48.5 Å². The Morgan fingerprint density at radius 3 is 2.86 bits per heavy atom. The Hall–Kier alpha value is -2.86. The molecule has 0 saturated carbocycles. The lowest BCUT2D eigenvalue weighted by Gasteiger charge is -2.27. The maximum atomic E-state index is 12.2. The van der Waals surface area contributed by atoms with E-state index >= 15 is 0 Å². The minimum Gasteiger partial charge on any atom is -0.484 e. The van der Waals surface area contributed by atoms with Gasteiger partial charge >= 0.3 is 0 Å². The summed E-state index contributed by atoms with van der Waals surface area (Å²) in [5.41, 5.74) is 2.80. The molecule has 0 unspecified atom stereocenters. The molecule has 0 spiro atoms. The molecule has 3 aromatic rings. The second kappa shape index (κ2) is 8.44. The predicted octanol–water partition coefficient (Wildman–Crippen LogP) is 3.67. The summed E-state index contributed by atoms with van der Waals surface area (Å²) in [6, 6.07) is 15.3. The summed E-state index contributed by atoms with van der Waals surface area (Å²) in [6.45, 7) is 6.25. The van der Waals surface area contributed by atoms with Gasteiger partial charge in [-0.05, 0) is 43.3 Å². The fourth-order valence-corrected chi connectivity index (χ4v) is 3.58. The molecule has 4 rings (SSSR count). The third-order valence-corrected chi connectivity index (χ3v) is 5.06. The summed E-state index contributed by atoms with van der Waals surface area (Å²) >= 11 is 0. The molecule has 28 heavy (non-hydrogen) atoms. The van der Waals surface area contributed by atoms with Gasteiger partial charge < -0.3 is 14.6 Å². The fraction of sp³-hybridized carbons (Fsp3) is 0.364. The molecule has 1 aliphatic heterocycles. The van der Waals surface area contributed by atoms with E-state index in [1.54, 1.807) is 0 Å². The summed E-state index contributed by atoms with van der Waals surface area (Å²) in [6.07, 6.45) is 2.44. The van der Waals surface area contributed by atoms with Crippen molar-refractivity contribution in [3.63, 3.8) is 0 Å². The highest BCUT2D eigenvalue weighted by atomic mass is 16.5. The highest BCUT2D eigenvalue weighted by Crippen LogP contribution is 2.24. The first-order chi connectivity index (χ1) is 13.7. The number of para-hydroxylation sites is 1. The molecule has 0 radical (unpaired) electrons. The monoisotopic (exact) mass is 378 g/mol. The van der Waals surface area contributed by atoms with Gasteiger partial charge in [0, 0.05) is 18.8 Å². The molecule has 0 bridgehead atoms. The molecule has 1 aromatic heterocycles. The van der Waals surface area contributed by atoms with Gasteiger partial charge in [0.05, 0.1) is 17.6 Å². The number of ether oxygens (including phenoxy) is 1. The number of carbonyl (C=O) groups is 1. The summed E-state index contributed by atoms with van der Waals surface area (Å²) < 4.78 is 7.79. The van der Waals surface area contributed by atoms with Gasteiger partial charge in [-0.3, -0.25) is 9.69 Å². The molecule has 1 aliphatic rings. The van der Waals surface area contributed by atoms with Crippen molar-refractivity contribution in [1.82, 2.24) is 14.5 Å². The standard InChI is InChI=1S/C22H26N4O2/c1-2-3-11-25-12-13-26-20-10-9-17(14-19(20)24-21(26)15-25)23-22(27)16-28-18-7-5-4-6-8-18/h4-10,14H,2-3,11-13,15-16H2,1H3,(H,23,27). The van der Waals surface area contributed by atoms with Crippen molar-refractivity contribution >= 4 is 22.6 Å². The first-order valence-electron chi connectivity index (χ1n) is 9.92. The Labute approximate surface area is 165 Å². The molecule has 0 atom stereocenters. The van der Waals surface area contributed by atoms with Crippen LogP contribution < -0.4 is 10.1 Å². The molecule has 1 N–H and O–H groups in total. The van der Waals surface area contributed by atoms with Gasteiger partial charge in [-0.1, -0.05) is 31.5 Å². The Balaban J connectivity index is 1.41. The van der Waals surface area contributed by atoms with Crippen molar-refractivity contribution in [2.24, 2.45) is 0 Å². The molecular formula is C22H26N4O2. The van der Waals surface area contributed by atoms with Gasteiger partial charge in [-0.2, -0.15) is 0 Å². The Morgan fingerprint density at radius 2 is 2.04 bits per heavy atom. The largest absolute Gasteiger partial charge is 0.484 e. The number of anilines is 1. The van der Waals surface area contributed by atoms with E-state index in [-0.39, 0.29) is 12.5 Å². The van der Waals surface area contributed by atoms with E-state index in [2.05, 4.69) is 21.7 Å². The van der Waals surface area contributed by atoms with Crippen molar-refractivity contribution in [2.75, 3.05) is 25.0 Å². The maximum absolute atomic E-state index is 12.2. The molecule has 0 fully saturated rings. The lowest BCUT2D eigenvalue weighted by Crippen LogP contribution is -2.34. The summed E-state index contributed by atoms with van der Waals surface area (Å²) in [5, 5.41) is 2.90. The predicted molar refractivity (Wildman–Crippen MR) is 110 cm³/mol. The highest BCUT2D eigenvalue weighted by Gasteiger charge is 2.19. The van der Waals surface area contributed by atoms with Crippen molar-refractivity contribution in [3.8, 4) is 5.75 Å². The van der Waals surface area contributed by atoms with Crippen LogP contribution in [0.25, 0.3) is 11.0 Å².